The molecule has 4 rings (SSSR count). The van der Waals surface area contributed by atoms with Crippen LogP contribution in [0.5, 0.6) is 11.5 Å². The summed E-state index contributed by atoms with van der Waals surface area (Å²) in [6.07, 6.45) is -0.262. The van der Waals surface area contributed by atoms with Crippen molar-refractivity contribution in [1.82, 2.24) is 10.3 Å². The molecule has 5 N–H and O–H groups in total. The molecule has 38 heavy (non-hydrogen) atoms. The summed E-state index contributed by atoms with van der Waals surface area (Å²) in [5, 5.41) is 31.2. The van der Waals surface area contributed by atoms with Gasteiger partial charge in [-0.25, -0.2) is 0 Å². The van der Waals surface area contributed by atoms with Crippen LogP contribution in [0, 0.1) is 0 Å². The summed E-state index contributed by atoms with van der Waals surface area (Å²) < 4.78 is 34.1. The average Bonchev–Trinajstić information content (AvgIpc) is 2.91. The van der Waals surface area contributed by atoms with E-state index in [2.05, 4.69) is 10.3 Å². The molecule has 0 fully saturated rings. The first-order valence-corrected chi connectivity index (χ1v) is 11.7. The van der Waals surface area contributed by atoms with Gasteiger partial charge in [0.15, 0.2) is 6.61 Å². The first-order valence-electron chi connectivity index (χ1n) is 11.7. The smallest absolute Gasteiger partial charge is 0.306 e. The zero-order chi connectivity index (χ0) is 27.5. The lowest BCUT2D eigenvalue weighted by atomic mass is 10.0. The fourth-order valence-electron chi connectivity index (χ4n) is 3.86. The van der Waals surface area contributed by atoms with Crippen LogP contribution in [-0.4, -0.2) is 46.5 Å². The predicted molar refractivity (Wildman–Crippen MR) is 139 cm³/mol. The lowest BCUT2D eigenvalue weighted by Crippen LogP contribution is -2.24. The number of halogens is 2. The zero-order valence-electron chi connectivity index (χ0n) is 20.3. The SMILES string of the molecule is O=CO.O=c1ccc2c([C@@H](O)CNCCc3cccc(OCC(F)(F)c4ccccc4)c3)ccc(O)c2[nH]1. The van der Waals surface area contributed by atoms with Crippen molar-refractivity contribution in [2.24, 2.45) is 0 Å². The highest BCUT2D eigenvalue weighted by Crippen LogP contribution is 2.30. The predicted octanol–water partition coefficient (Wildman–Crippen LogP) is 3.97. The Morgan fingerprint density at radius 3 is 2.50 bits per heavy atom. The van der Waals surface area contributed by atoms with Crippen molar-refractivity contribution in [2.45, 2.75) is 18.4 Å². The number of hydrogen-bond donors (Lipinski definition) is 5. The Hall–Kier alpha value is -4.28. The molecule has 1 atom stereocenters. The minimum Gasteiger partial charge on any atom is -0.506 e. The Morgan fingerprint density at radius 1 is 1.03 bits per heavy atom. The lowest BCUT2D eigenvalue weighted by molar-refractivity contribution is -0.122. The molecule has 1 aromatic heterocycles. The van der Waals surface area contributed by atoms with Crippen LogP contribution in [-0.2, 0) is 17.1 Å². The first kappa shape index (κ1) is 28.3. The van der Waals surface area contributed by atoms with Gasteiger partial charge < -0.3 is 30.4 Å². The molecule has 8 nitrogen and oxygen atoms in total. The molecule has 200 valence electrons. The molecule has 0 saturated heterocycles. The number of pyridine rings is 1. The fourth-order valence-corrected chi connectivity index (χ4v) is 3.86. The maximum absolute atomic E-state index is 14.4. The highest BCUT2D eigenvalue weighted by molar-refractivity contribution is 5.87. The molecule has 0 amide bonds. The van der Waals surface area contributed by atoms with Crippen LogP contribution in [0.1, 0.15) is 22.8 Å². The topological polar surface area (TPSA) is 132 Å². The number of aliphatic hydroxyl groups is 1. The van der Waals surface area contributed by atoms with Crippen molar-refractivity contribution < 1.29 is 33.6 Å². The van der Waals surface area contributed by atoms with Crippen molar-refractivity contribution in [3.8, 4) is 11.5 Å². The number of aliphatic hydroxyl groups excluding tert-OH is 1. The number of aromatic nitrogens is 1. The van der Waals surface area contributed by atoms with Crippen LogP contribution in [0.2, 0.25) is 0 Å². The summed E-state index contributed by atoms with van der Waals surface area (Å²) >= 11 is 0. The third kappa shape index (κ3) is 7.61. The number of aromatic hydroxyl groups is 1. The van der Waals surface area contributed by atoms with Gasteiger partial charge in [-0.05, 0) is 48.4 Å². The van der Waals surface area contributed by atoms with Crippen LogP contribution < -0.4 is 15.6 Å². The van der Waals surface area contributed by atoms with E-state index in [-0.39, 0.29) is 35.4 Å². The van der Waals surface area contributed by atoms with Crippen molar-refractivity contribution >= 4 is 17.4 Å². The van der Waals surface area contributed by atoms with Crippen molar-refractivity contribution in [3.05, 3.63) is 106 Å². The fraction of sp³-hybridized carbons (Fsp3) is 0.214. The number of ether oxygens (including phenoxy) is 1. The van der Waals surface area contributed by atoms with E-state index in [9.17, 15) is 23.8 Å². The molecule has 0 saturated carbocycles. The number of carboxylic acid groups (broad SMARTS) is 1. The Morgan fingerprint density at radius 2 is 1.76 bits per heavy atom. The Bertz CT molecular complexity index is 1400. The van der Waals surface area contributed by atoms with Crippen LogP contribution in [0.4, 0.5) is 8.78 Å². The molecule has 0 radical (unpaired) electrons. The number of hydrogen-bond acceptors (Lipinski definition) is 6. The van der Waals surface area contributed by atoms with Gasteiger partial charge in [0, 0.05) is 23.6 Å². The van der Waals surface area contributed by atoms with Gasteiger partial charge in [-0.15, -0.1) is 0 Å². The maximum Gasteiger partial charge on any atom is 0.306 e. The number of rotatable bonds is 10. The molecular weight excluding hydrogens is 498 g/mol. The number of aromatic amines is 1. The molecule has 0 aliphatic heterocycles. The highest BCUT2D eigenvalue weighted by Gasteiger charge is 2.32. The van der Waals surface area contributed by atoms with Crippen molar-refractivity contribution in [1.29, 1.82) is 0 Å². The van der Waals surface area contributed by atoms with E-state index in [1.54, 1.807) is 48.5 Å². The number of H-pyrrole nitrogens is 1. The summed E-state index contributed by atoms with van der Waals surface area (Å²) in [6, 6.07) is 20.5. The summed E-state index contributed by atoms with van der Waals surface area (Å²) in [6.45, 7) is -0.219. The molecule has 10 heteroatoms. The normalized spacial score (nSPS) is 11.9. The first-order chi connectivity index (χ1) is 18.2. The quantitative estimate of drug-likeness (QED) is 0.156. The maximum atomic E-state index is 14.4. The number of nitrogens with one attached hydrogen (secondary N) is 2. The minimum atomic E-state index is -3.10. The minimum absolute atomic E-state index is 0.0646. The van der Waals surface area contributed by atoms with E-state index >= 15 is 0 Å². The average molecular weight is 527 g/mol. The third-order valence-electron chi connectivity index (χ3n) is 5.71. The number of alkyl halides is 2. The Balaban J connectivity index is 0.00000127. The monoisotopic (exact) mass is 526 g/mol. The van der Waals surface area contributed by atoms with E-state index < -0.39 is 18.6 Å². The van der Waals surface area contributed by atoms with Gasteiger partial charge >= 0.3 is 5.92 Å². The van der Waals surface area contributed by atoms with Crippen LogP contribution in [0.15, 0.2) is 83.7 Å². The van der Waals surface area contributed by atoms with E-state index in [4.69, 9.17) is 14.6 Å². The molecule has 1 heterocycles. The van der Waals surface area contributed by atoms with Gasteiger partial charge in [-0.3, -0.25) is 9.59 Å². The van der Waals surface area contributed by atoms with Crippen LogP contribution >= 0.6 is 0 Å². The second kappa shape index (κ2) is 13.3. The van der Waals surface area contributed by atoms with Gasteiger partial charge in [-0.2, -0.15) is 8.78 Å². The zero-order valence-corrected chi connectivity index (χ0v) is 20.3. The van der Waals surface area contributed by atoms with E-state index in [1.807, 2.05) is 6.07 Å². The van der Waals surface area contributed by atoms with E-state index in [0.29, 0.717) is 29.7 Å². The van der Waals surface area contributed by atoms with E-state index in [0.717, 1.165) is 5.56 Å². The second-order valence-electron chi connectivity index (χ2n) is 8.37. The van der Waals surface area contributed by atoms with Gasteiger partial charge in [0.1, 0.15) is 11.5 Å². The third-order valence-corrected chi connectivity index (χ3v) is 5.71. The molecule has 4 aromatic rings. The summed E-state index contributed by atoms with van der Waals surface area (Å²) in [5.74, 6) is -2.80. The lowest BCUT2D eigenvalue weighted by Gasteiger charge is -2.18. The molecule has 0 spiro atoms. The Labute approximate surface area is 217 Å². The summed E-state index contributed by atoms with van der Waals surface area (Å²) in [4.78, 5) is 22.5. The molecule has 0 aliphatic carbocycles. The number of phenolic OH excluding ortho intramolecular Hbond substituents is 1. The highest BCUT2D eigenvalue weighted by atomic mass is 19.3. The number of carbonyl (C=O) groups is 1. The molecule has 0 bridgehead atoms. The number of phenols is 1. The second-order valence-corrected chi connectivity index (χ2v) is 8.37. The standard InChI is InChI=1S/C27H26F2N2O4.CH2O2/c28-27(29,19-6-2-1-3-7-19)17-35-20-8-4-5-18(15-20)13-14-30-16-24(33)21-9-11-23(32)26-22(21)10-12-25(34)31-26;2-1-3/h1-12,15,24,30,32-33H,13-14,16-17H2,(H,31,34);1H,(H,2,3)/t24-;/m0./s1. The summed E-state index contributed by atoms with van der Waals surface area (Å²) in [5.41, 5.74) is 1.33. The van der Waals surface area contributed by atoms with Crippen LogP contribution in [0.25, 0.3) is 10.9 Å². The summed E-state index contributed by atoms with van der Waals surface area (Å²) in [7, 11) is 0. The van der Waals surface area contributed by atoms with Gasteiger partial charge in [0.2, 0.25) is 5.56 Å². The van der Waals surface area contributed by atoms with Gasteiger partial charge in [0.05, 0.1) is 11.6 Å². The largest absolute Gasteiger partial charge is 0.506 e. The van der Waals surface area contributed by atoms with Gasteiger partial charge in [-0.1, -0.05) is 48.5 Å². The van der Waals surface area contributed by atoms with Crippen molar-refractivity contribution in [3.63, 3.8) is 0 Å². The molecule has 0 aliphatic rings. The molecule has 3 aromatic carbocycles. The number of fused-ring (bicyclic) bond motifs is 1. The van der Waals surface area contributed by atoms with Crippen molar-refractivity contribution in [2.75, 3.05) is 19.7 Å². The molecular formula is C28H28F2N2O6. The Kier molecular flexibility index (Phi) is 9.92. The van der Waals surface area contributed by atoms with Crippen LogP contribution in [0.3, 0.4) is 0 Å². The molecule has 0 unspecified atom stereocenters. The van der Waals surface area contributed by atoms with Gasteiger partial charge in [0.25, 0.3) is 6.47 Å². The number of benzene rings is 3. The van der Waals surface area contributed by atoms with E-state index in [1.165, 1.54) is 24.3 Å².